The fraction of sp³-hybridized carbons (Fsp3) is 0.457. The molecule has 13 heteroatoms. The van der Waals surface area contributed by atoms with Gasteiger partial charge in [0.2, 0.25) is 0 Å². The van der Waals surface area contributed by atoms with Gasteiger partial charge in [-0.25, -0.2) is 4.79 Å². The van der Waals surface area contributed by atoms with Gasteiger partial charge in [0.05, 0.1) is 62.8 Å². The zero-order chi connectivity index (χ0) is 41.6. The SMILES string of the molecule is COCCCN1CCOc2ccc(CO[C@H]3CN(C(=O)OCc4ccccc4)C[C@@H](COS(=O)(=O)c4ccc(C)cc4)[C@@H]3c3ccc(COC[C@@H](C)COC)cc3)cc21. The third kappa shape index (κ3) is 12.5. The first-order valence-corrected chi connectivity index (χ1v) is 21.7. The minimum absolute atomic E-state index is 0.0687. The van der Waals surface area contributed by atoms with Crippen LogP contribution < -0.4 is 9.64 Å². The Balaban J connectivity index is 1.28. The maximum Gasteiger partial charge on any atom is 0.410 e. The van der Waals surface area contributed by atoms with Crippen molar-refractivity contribution in [3.8, 4) is 5.75 Å². The van der Waals surface area contributed by atoms with Gasteiger partial charge in [0.1, 0.15) is 19.0 Å². The van der Waals surface area contributed by atoms with E-state index in [4.69, 9.17) is 32.6 Å². The van der Waals surface area contributed by atoms with Gasteiger partial charge in [0.15, 0.2) is 0 Å². The molecule has 0 aromatic heterocycles. The van der Waals surface area contributed by atoms with E-state index >= 15 is 0 Å². The number of benzene rings is 4. The Morgan fingerprint density at radius 1 is 0.847 bits per heavy atom. The predicted octanol–water partition coefficient (Wildman–Crippen LogP) is 7.37. The number of likely N-dealkylation sites (tertiary alicyclic amines) is 1. The van der Waals surface area contributed by atoms with Crippen LogP contribution in [0.4, 0.5) is 10.5 Å². The van der Waals surface area contributed by atoms with E-state index < -0.39 is 28.2 Å². The van der Waals surface area contributed by atoms with Gasteiger partial charge < -0.3 is 38.2 Å². The molecule has 59 heavy (non-hydrogen) atoms. The monoisotopic (exact) mass is 830 g/mol. The summed E-state index contributed by atoms with van der Waals surface area (Å²) in [6.07, 6.45) is -0.177. The molecule has 4 atom stereocenters. The topological polar surface area (TPSA) is 122 Å². The van der Waals surface area contributed by atoms with Gasteiger partial charge in [-0.2, -0.15) is 8.42 Å². The van der Waals surface area contributed by atoms with Gasteiger partial charge in [0, 0.05) is 51.7 Å². The highest BCUT2D eigenvalue weighted by Crippen LogP contribution is 2.38. The Morgan fingerprint density at radius 2 is 1.59 bits per heavy atom. The summed E-state index contributed by atoms with van der Waals surface area (Å²) in [5.74, 6) is 0.262. The first kappa shape index (κ1) is 44.1. The van der Waals surface area contributed by atoms with E-state index in [0.29, 0.717) is 33.0 Å². The molecule has 2 aliphatic rings. The van der Waals surface area contributed by atoms with Crippen molar-refractivity contribution >= 4 is 21.9 Å². The highest BCUT2D eigenvalue weighted by atomic mass is 32.2. The number of piperidine rings is 1. The van der Waals surface area contributed by atoms with Crippen molar-refractivity contribution in [3.05, 3.63) is 125 Å². The number of anilines is 1. The molecule has 1 amide bonds. The van der Waals surface area contributed by atoms with Crippen molar-refractivity contribution in [3.63, 3.8) is 0 Å². The number of methoxy groups -OCH3 is 2. The van der Waals surface area contributed by atoms with Crippen LogP contribution in [0.2, 0.25) is 0 Å². The molecule has 12 nitrogen and oxygen atoms in total. The lowest BCUT2D eigenvalue weighted by Gasteiger charge is -2.43. The Kier molecular flexibility index (Phi) is 16.2. The van der Waals surface area contributed by atoms with E-state index in [1.54, 1.807) is 43.4 Å². The first-order valence-electron chi connectivity index (χ1n) is 20.3. The molecule has 318 valence electrons. The molecule has 4 aromatic rings. The Hall–Kier alpha value is -4.50. The zero-order valence-corrected chi connectivity index (χ0v) is 35.4. The Bertz CT molecular complexity index is 2010. The molecule has 6 rings (SSSR count). The van der Waals surface area contributed by atoms with Crippen LogP contribution in [0.3, 0.4) is 0 Å². The van der Waals surface area contributed by atoms with Crippen molar-refractivity contribution in [2.75, 3.05) is 78.3 Å². The number of carbonyl (C=O) groups excluding carboxylic acids is 1. The number of rotatable bonds is 20. The molecule has 0 aliphatic carbocycles. The van der Waals surface area contributed by atoms with Gasteiger partial charge in [-0.3, -0.25) is 4.18 Å². The summed E-state index contributed by atoms with van der Waals surface area (Å²) >= 11 is 0. The number of ether oxygens (including phenoxy) is 6. The van der Waals surface area contributed by atoms with E-state index in [-0.39, 0.29) is 49.6 Å². The number of aryl methyl sites for hydroxylation is 1. The average molecular weight is 831 g/mol. The summed E-state index contributed by atoms with van der Waals surface area (Å²) in [6, 6.07) is 30.3. The Morgan fingerprint density at radius 3 is 2.34 bits per heavy atom. The number of amides is 1. The number of fused-ring (bicyclic) bond motifs is 1. The lowest BCUT2D eigenvalue weighted by atomic mass is 9.78. The smallest absolute Gasteiger partial charge is 0.410 e. The van der Waals surface area contributed by atoms with Crippen LogP contribution in [0.5, 0.6) is 5.75 Å². The van der Waals surface area contributed by atoms with Crippen LogP contribution in [0, 0.1) is 18.8 Å². The third-order valence-electron chi connectivity index (χ3n) is 10.7. The molecule has 4 aromatic carbocycles. The van der Waals surface area contributed by atoms with Crippen LogP contribution >= 0.6 is 0 Å². The molecule has 0 spiro atoms. The summed E-state index contributed by atoms with van der Waals surface area (Å²) < 4.78 is 68.1. The largest absolute Gasteiger partial charge is 0.490 e. The van der Waals surface area contributed by atoms with Crippen molar-refractivity contribution in [1.82, 2.24) is 4.90 Å². The van der Waals surface area contributed by atoms with Gasteiger partial charge in [-0.1, -0.05) is 85.3 Å². The summed E-state index contributed by atoms with van der Waals surface area (Å²) in [5, 5.41) is 0. The first-order chi connectivity index (χ1) is 28.6. The molecule has 0 N–H and O–H groups in total. The van der Waals surface area contributed by atoms with E-state index in [9.17, 15) is 13.2 Å². The quantitative estimate of drug-likeness (QED) is 0.0656. The van der Waals surface area contributed by atoms with Crippen LogP contribution in [0.1, 0.15) is 47.1 Å². The molecular formula is C46H58N2O10S. The minimum Gasteiger partial charge on any atom is -0.490 e. The van der Waals surface area contributed by atoms with E-state index in [1.807, 2.05) is 73.7 Å². The fourth-order valence-electron chi connectivity index (χ4n) is 7.60. The van der Waals surface area contributed by atoms with Crippen LogP contribution in [0.25, 0.3) is 0 Å². The minimum atomic E-state index is -4.12. The maximum atomic E-state index is 13.8. The fourth-order valence-corrected chi connectivity index (χ4v) is 8.56. The Labute approximate surface area is 349 Å². The predicted molar refractivity (Wildman–Crippen MR) is 225 cm³/mol. The van der Waals surface area contributed by atoms with Crippen molar-refractivity contribution in [2.24, 2.45) is 11.8 Å². The molecular weight excluding hydrogens is 773 g/mol. The number of hydrogen-bond acceptors (Lipinski definition) is 11. The highest BCUT2D eigenvalue weighted by molar-refractivity contribution is 7.86. The summed E-state index contributed by atoms with van der Waals surface area (Å²) in [5.41, 5.74) is 5.68. The maximum absolute atomic E-state index is 13.8. The van der Waals surface area contributed by atoms with Crippen molar-refractivity contribution in [1.29, 1.82) is 0 Å². The molecule has 0 saturated carbocycles. The van der Waals surface area contributed by atoms with Crippen molar-refractivity contribution < 1.29 is 45.8 Å². The van der Waals surface area contributed by atoms with Crippen molar-refractivity contribution in [2.45, 2.75) is 57.0 Å². The lowest BCUT2D eigenvalue weighted by Crippen LogP contribution is -2.52. The van der Waals surface area contributed by atoms with Gasteiger partial charge in [-0.05, 0) is 59.9 Å². The number of nitrogens with zero attached hydrogens (tertiary/aromatic N) is 2. The lowest BCUT2D eigenvalue weighted by molar-refractivity contribution is -0.0500. The molecule has 0 bridgehead atoms. The second kappa shape index (κ2) is 21.7. The second-order valence-electron chi connectivity index (χ2n) is 15.4. The van der Waals surface area contributed by atoms with E-state index in [0.717, 1.165) is 58.8 Å². The zero-order valence-electron chi connectivity index (χ0n) is 34.6. The number of carbonyl (C=O) groups is 1. The third-order valence-corrected chi connectivity index (χ3v) is 12.0. The highest BCUT2D eigenvalue weighted by Gasteiger charge is 2.42. The van der Waals surface area contributed by atoms with Crippen LogP contribution in [0.15, 0.2) is 102 Å². The number of hydrogen-bond donors (Lipinski definition) is 0. The summed E-state index contributed by atoms with van der Waals surface area (Å²) in [6.45, 7) is 9.05. The summed E-state index contributed by atoms with van der Waals surface area (Å²) in [7, 11) is -0.725. The second-order valence-corrected chi connectivity index (χ2v) is 17.0. The van der Waals surface area contributed by atoms with Gasteiger partial charge in [-0.15, -0.1) is 0 Å². The van der Waals surface area contributed by atoms with Gasteiger partial charge >= 0.3 is 6.09 Å². The molecule has 1 saturated heterocycles. The van der Waals surface area contributed by atoms with E-state index in [1.165, 1.54) is 0 Å². The molecule has 0 radical (unpaired) electrons. The standard InChI is InChI=1S/C46H58N2O10S/c1-34-11-18-41(19-12-34)59(50,51)58-33-40-26-48(46(49)57-31-36-9-6-5-7-10-36)27-44(45(40)39-16-13-37(14-17-39)30-54-29-35(2)28-53-4)56-32-38-15-20-43-42(25-38)47(22-24-55-43)21-8-23-52-3/h5-7,9-20,25,35,40,44-45H,8,21-24,26-33H2,1-4H3/t35-,40-,44-,45-/m0/s1. The van der Waals surface area contributed by atoms with Crippen LogP contribution in [-0.4, -0.2) is 98.9 Å². The summed E-state index contributed by atoms with van der Waals surface area (Å²) in [4.78, 5) is 17.8. The van der Waals surface area contributed by atoms with Crippen LogP contribution in [-0.2, 0) is 57.8 Å². The van der Waals surface area contributed by atoms with Gasteiger partial charge in [0.25, 0.3) is 10.1 Å². The molecule has 2 aliphatic heterocycles. The normalized spacial score (nSPS) is 18.5. The molecule has 2 heterocycles. The van der Waals surface area contributed by atoms with E-state index in [2.05, 4.69) is 17.9 Å². The molecule has 1 fully saturated rings. The molecule has 0 unspecified atom stereocenters. The average Bonchev–Trinajstić information content (AvgIpc) is 3.25.